The van der Waals surface area contributed by atoms with Crippen molar-refractivity contribution in [3.05, 3.63) is 45.7 Å². The first kappa shape index (κ1) is 22.7. The van der Waals surface area contributed by atoms with Gasteiger partial charge >= 0.3 is 0 Å². The number of phenolic OH excluding ortho intramolecular Hbond substituents is 1. The van der Waals surface area contributed by atoms with E-state index in [0.29, 0.717) is 0 Å². The van der Waals surface area contributed by atoms with Crippen molar-refractivity contribution >= 4 is 23.2 Å². The zero-order valence-electron chi connectivity index (χ0n) is 18.1. The van der Waals surface area contributed by atoms with E-state index in [2.05, 4.69) is 0 Å². The van der Waals surface area contributed by atoms with E-state index in [4.69, 9.17) is 11.5 Å². The molecule has 4 rings (SSSR count). The maximum atomic E-state index is 14.8. The number of fused-ring (bicyclic) bond motifs is 3. The number of nitrogen functional groups attached to an aromatic ring is 1. The lowest BCUT2D eigenvalue weighted by Gasteiger charge is -2.51. The average Bonchev–Trinajstić information content (AvgIpc) is 2.70. The van der Waals surface area contributed by atoms with Gasteiger partial charge in [0.1, 0.15) is 28.7 Å². The van der Waals surface area contributed by atoms with Crippen LogP contribution in [0.1, 0.15) is 35.2 Å². The van der Waals surface area contributed by atoms with Crippen molar-refractivity contribution in [2.24, 2.45) is 17.6 Å². The van der Waals surface area contributed by atoms with E-state index in [9.17, 15) is 39.2 Å². The second kappa shape index (κ2) is 7.03. The van der Waals surface area contributed by atoms with E-state index in [1.165, 1.54) is 19.0 Å². The predicted molar refractivity (Wildman–Crippen MR) is 113 cm³/mol. The minimum atomic E-state index is -2.75. The smallest absolute Gasteiger partial charge is 0.255 e. The number of nitrogens with two attached hydrogens (primary N) is 2. The number of Topliss-reactive ketones (excluding diaryl/α,β-unsaturated/α-hetero) is 2. The van der Waals surface area contributed by atoms with Gasteiger partial charge in [0, 0.05) is 23.1 Å². The van der Waals surface area contributed by atoms with Crippen LogP contribution in [0.5, 0.6) is 5.75 Å². The Morgan fingerprint density at radius 2 is 1.85 bits per heavy atom. The normalized spacial score (nSPS) is 31.5. The number of carbonyl (C=O) groups excluding carboxylic acids is 3. The van der Waals surface area contributed by atoms with Crippen molar-refractivity contribution in [1.29, 1.82) is 0 Å². The number of anilines is 1. The Kier molecular flexibility index (Phi) is 4.84. The number of rotatable bonds is 2. The summed E-state index contributed by atoms with van der Waals surface area (Å²) in [6, 6.07) is -0.223. The quantitative estimate of drug-likeness (QED) is 0.206. The molecule has 176 valence electrons. The Hall–Kier alpha value is -3.44. The zero-order valence-corrected chi connectivity index (χ0v) is 18.1. The number of hydrogen-bond acceptors (Lipinski definition) is 9. The number of phenols is 1. The van der Waals surface area contributed by atoms with Crippen LogP contribution in [0, 0.1) is 17.7 Å². The first-order valence-corrected chi connectivity index (χ1v) is 10.2. The maximum Gasteiger partial charge on any atom is 0.255 e. The predicted octanol–water partition coefficient (Wildman–Crippen LogP) is 0.403. The molecule has 0 spiro atoms. The summed E-state index contributed by atoms with van der Waals surface area (Å²) in [7, 11) is 3.05. The number of amides is 1. The summed E-state index contributed by atoms with van der Waals surface area (Å²) >= 11 is 0. The largest absolute Gasteiger partial charge is 0.510 e. The molecule has 1 aromatic rings. The Morgan fingerprint density at radius 1 is 1.24 bits per heavy atom. The molecule has 0 unspecified atom stereocenters. The van der Waals surface area contributed by atoms with E-state index in [0.717, 1.165) is 6.07 Å². The Balaban J connectivity index is 2.03. The molecule has 3 aliphatic carbocycles. The van der Waals surface area contributed by atoms with Crippen LogP contribution in [0.3, 0.4) is 0 Å². The number of aromatic hydroxyl groups is 1. The van der Waals surface area contributed by atoms with Crippen molar-refractivity contribution in [1.82, 2.24) is 4.90 Å². The van der Waals surface area contributed by atoms with Crippen molar-refractivity contribution in [3.63, 3.8) is 0 Å². The molecule has 0 heterocycles. The third-order valence-electron chi connectivity index (χ3n) is 7.17. The SMILES string of the molecule is C[C@H]1c2c(F)cc(N)c(O)c2C(=O)C2=C(O)[C@]3(O)C(=O)C(C(N)=O)=C(O)[C@@H](N(C)C)[C@@H]3C[C@@H]21. The van der Waals surface area contributed by atoms with Crippen LogP contribution in [-0.4, -0.2) is 68.5 Å². The molecule has 0 bridgehead atoms. The molecule has 3 aliphatic rings. The van der Waals surface area contributed by atoms with Crippen LogP contribution in [-0.2, 0) is 9.59 Å². The molecule has 0 saturated carbocycles. The number of aliphatic hydroxyl groups excluding tert-OH is 2. The maximum absolute atomic E-state index is 14.8. The summed E-state index contributed by atoms with van der Waals surface area (Å²) in [5, 5.41) is 43.8. The fraction of sp³-hybridized carbons (Fsp3) is 0.409. The van der Waals surface area contributed by atoms with E-state index in [-0.39, 0.29) is 23.2 Å². The minimum Gasteiger partial charge on any atom is -0.510 e. The topological polar surface area (TPSA) is 187 Å². The van der Waals surface area contributed by atoms with Gasteiger partial charge in [0.15, 0.2) is 11.4 Å². The van der Waals surface area contributed by atoms with Crippen molar-refractivity contribution in [2.45, 2.75) is 30.9 Å². The van der Waals surface area contributed by atoms with Crippen molar-refractivity contribution < 1.29 is 39.2 Å². The number of ketones is 2. The highest BCUT2D eigenvalue weighted by molar-refractivity contribution is 6.24. The molecule has 1 amide bonds. The van der Waals surface area contributed by atoms with Crippen LogP contribution >= 0.6 is 0 Å². The molecule has 5 atom stereocenters. The zero-order chi connectivity index (χ0) is 24.7. The molecule has 0 aromatic heterocycles. The van der Waals surface area contributed by atoms with Gasteiger partial charge in [-0.05, 0) is 32.4 Å². The van der Waals surface area contributed by atoms with Gasteiger partial charge in [-0.2, -0.15) is 0 Å². The van der Waals surface area contributed by atoms with E-state index >= 15 is 0 Å². The van der Waals surface area contributed by atoms with E-state index < -0.39 is 81.1 Å². The number of aliphatic hydroxyl groups is 3. The lowest BCUT2D eigenvalue weighted by Crippen LogP contribution is -2.64. The summed E-state index contributed by atoms with van der Waals surface area (Å²) in [6.07, 6.45) is -0.127. The standard InChI is InChI=1S/C22H24FN3O7/c1-6-7-4-8-15(26(2)3)18(29)14(21(25)32)20(31)22(8,33)19(30)12(7)17(28)13-11(6)9(23)5-10(24)16(13)27/h5-8,15,27,29-30,33H,4,24H2,1-3H3,(H2,25,32)/t6-,7-,8+,15+,22+/m1/s1. The molecule has 0 aliphatic heterocycles. The Bertz CT molecular complexity index is 1200. The lowest BCUT2D eigenvalue weighted by atomic mass is 9.56. The van der Waals surface area contributed by atoms with Gasteiger partial charge < -0.3 is 31.9 Å². The third kappa shape index (κ3) is 2.69. The molecule has 1 aromatic carbocycles. The molecule has 0 radical (unpaired) electrons. The number of carbonyl (C=O) groups is 3. The second-order valence-corrected chi connectivity index (χ2v) is 9.04. The van der Waals surface area contributed by atoms with Crippen molar-refractivity contribution in [3.8, 4) is 5.75 Å². The van der Waals surface area contributed by atoms with Gasteiger partial charge in [-0.1, -0.05) is 6.92 Å². The Labute approximate surface area is 187 Å². The van der Waals surface area contributed by atoms with E-state index in [1.54, 1.807) is 6.92 Å². The molecular formula is C22H24FN3O7. The second-order valence-electron chi connectivity index (χ2n) is 9.04. The number of primary amides is 1. The van der Waals surface area contributed by atoms with Gasteiger partial charge in [-0.25, -0.2) is 4.39 Å². The highest BCUT2D eigenvalue weighted by Crippen LogP contribution is 2.56. The summed E-state index contributed by atoms with van der Waals surface area (Å²) in [5.74, 6) is -9.64. The number of halogens is 1. The van der Waals surface area contributed by atoms with Crippen LogP contribution in [0.2, 0.25) is 0 Å². The number of nitrogens with zero attached hydrogens (tertiary/aromatic N) is 1. The molecule has 10 nitrogen and oxygen atoms in total. The van der Waals surface area contributed by atoms with Gasteiger partial charge in [0.2, 0.25) is 5.78 Å². The van der Waals surface area contributed by atoms with Crippen molar-refractivity contribution in [2.75, 3.05) is 19.8 Å². The fourth-order valence-corrected chi connectivity index (χ4v) is 5.65. The molecule has 8 N–H and O–H groups in total. The van der Waals surface area contributed by atoms with Crippen LogP contribution in [0.15, 0.2) is 28.7 Å². The van der Waals surface area contributed by atoms with Gasteiger partial charge in [-0.3, -0.25) is 19.3 Å². The number of benzene rings is 1. The molecular weight excluding hydrogens is 437 g/mol. The highest BCUT2D eigenvalue weighted by Gasteiger charge is 2.64. The highest BCUT2D eigenvalue weighted by atomic mass is 19.1. The molecule has 33 heavy (non-hydrogen) atoms. The summed E-state index contributed by atoms with van der Waals surface area (Å²) < 4.78 is 14.8. The fourth-order valence-electron chi connectivity index (χ4n) is 5.65. The lowest BCUT2D eigenvalue weighted by molar-refractivity contribution is -0.148. The van der Waals surface area contributed by atoms with Crippen LogP contribution < -0.4 is 11.5 Å². The average molecular weight is 461 g/mol. The minimum absolute atomic E-state index is 0.0974. The third-order valence-corrected chi connectivity index (χ3v) is 7.17. The Morgan fingerprint density at radius 3 is 2.39 bits per heavy atom. The molecule has 11 heteroatoms. The first-order chi connectivity index (χ1) is 15.3. The number of likely N-dealkylation sites (N-methyl/N-ethyl adjacent to an activating group) is 1. The number of hydrogen-bond donors (Lipinski definition) is 6. The monoisotopic (exact) mass is 461 g/mol. The molecule has 0 fully saturated rings. The number of allylic oxidation sites excluding steroid dienone is 1. The van der Waals surface area contributed by atoms with Crippen LogP contribution in [0.4, 0.5) is 10.1 Å². The van der Waals surface area contributed by atoms with E-state index in [1.807, 2.05) is 0 Å². The summed E-state index contributed by atoms with van der Waals surface area (Å²) in [6.45, 7) is 1.58. The van der Waals surface area contributed by atoms with Gasteiger partial charge in [0.25, 0.3) is 5.91 Å². The van der Waals surface area contributed by atoms with Gasteiger partial charge in [-0.15, -0.1) is 0 Å². The van der Waals surface area contributed by atoms with Crippen LogP contribution in [0.25, 0.3) is 0 Å². The first-order valence-electron chi connectivity index (χ1n) is 10.2. The summed E-state index contributed by atoms with van der Waals surface area (Å²) in [4.78, 5) is 39.9. The molecule has 0 saturated heterocycles. The van der Waals surface area contributed by atoms with Gasteiger partial charge in [0.05, 0.1) is 17.3 Å². The summed E-state index contributed by atoms with van der Waals surface area (Å²) in [5.41, 5.74) is 5.93.